The molecule has 4 heteroatoms. The van der Waals surface area contributed by atoms with E-state index in [2.05, 4.69) is 41.3 Å². The highest BCUT2D eigenvalue weighted by Crippen LogP contribution is 2.34. The Bertz CT molecular complexity index is 587. The van der Waals surface area contributed by atoms with Crippen LogP contribution in [0.25, 0.3) is 11.3 Å². The van der Waals surface area contributed by atoms with E-state index in [1.54, 1.807) is 7.11 Å². The first-order valence-electron chi connectivity index (χ1n) is 6.42. The molecule has 0 aliphatic rings. The van der Waals surface area contributed by atoms with E-state index < -0.39 is 0 Å². The summed E-state index contributed by atoms with van der Waals surface area (Å²) in [5.74, 6) is 1.82. The zero-order chi connectivity index (χ0) is 14.0. The third kappa shape index (κ3) is 2.63. The molecule has 0 amide bonds. The van der Waals surface area contributed by atoms with Gasteiger partial charge in [-0.3, -0.25) is 0 Å². The summed E-state index contributed by atoms with van der Waals surface area (Å²) in [6.45, 7) is 6.88. The average Bonchev–Trinajstić information content (AvgIpc) is 2.70. The molecule has 2 aromatic rings. The van der Waals surface area contributed by atoms with E-state index in [0.29, 0.717) is 0 Å². The molecule has 0 radical (unpaired) electrons. The summed E-state index contributed by atoms with van der Waals surface area (Å²) in [5.41, 5.74) is 5.45. The smallest absolute Gasteiger partial charge is 0.131 e. The van der Waals surface area contributed by atoms with Gasteiger partial charge in [0.1, 0.15) is 11.6 Å². The highest BCUT2D eigenvalue weighted by atomic mass is 16.5. The van der Waals surface area contributed by atoms with Gasteiger partial charge in [-0.05, 0) is 45.0 Å². The number of ether oxygens (including phenoxy) is 1. The summed E-state index contributed by atoms with van der Waals surface area (Å²) >= 11 is 0. The van der Waals surface area contributed by atoms with E-state index in [1.807, 2.05) is 14.0 Å². The van der Waals surface area contributed by atoms with Gasteiger partial charge in [-0.2, -0.15) is 0 Å². The molecule has 0 unspecified atom stereocenters. The van der Waals surface area contributed by atoms with Gasteiger partial charge < -0.3 is 15.0 Å². The predicted molar refractivity (Wildman–Crippen MR) is 77.6 cm³/mol. The van der Waals surface area contributed by atoms with Crippen molar-refractivity contribution in [3.05, 3.63) is 34.8 Å². The van der Waals surface area contributed by atoms with Crippen molar-refractivity contribution in [1.29, 1.82) is 0 Å². The van der Waals surface area contributed by atoms with Gasteiger partial charge in [0.15, 0.2) is 0 Å². The van der Waals surface area contributed by atoms with E-state index in [4.69, 9.17) is 4.74 Å². The molecule has 1 aromatic heterocycles. The molecule has 4 nitrogen and oxygen atoms in total. The number of nitrogens with one attached hydrogen (secondary N) is 2. The van der Waals surface area contributed by atoms with Crippen LogP contribution in [0, 0.1) is 20.8 Å². The van der Waals surface area contributed by atoms with Crippen molar-refractivity contribution in [2.75, 3.05) is 14.2 Å². The van der Waals surface area contributed by atoms with Gasteiger partial charge in [-0.25, -0.2) is 4.98 Å². The van der Waals surface area contributed by atoms with Gasteiger partial charge in [-0.1, -0.05) is 6.07 Å². The second-order valence-corrected chi connectivity index (χ2v) is 4.84. The minimum Gasteiger partial charge on any atom is -0.496 e. The first-order chi connectivity index (χ1) is 9.06. The van der Waals surface area contributed by atoms with E-state index in [-0.39, 0.29) is 0 Å². The van der Waals surface area contributed by atoms with Crippen LogP contribution in [0.4, 0.5) is 0 Å². The Kier molecular flexibility index (Phi) is 3.90. The second kappa shape index (κ2) is 5.45. The number of aromatic nitrogens is 2. The summed E-state index contributed by atoms with van der Waals surface area (Å²) in [4.78, 5) is 7.92. The zero-order valence-corrected chi connectivity index (χ0v) is 12.2. The van der Waals surface area contributed by atoms with Gasteiger partial charge in [0.05, 0.1) is 18.5 Å². The van der Waals surface area contributed by atoms with E-state index >= 15 is 0 Å². The third-order valence-electron chi connectivity index (χ3n) is 3.13. The molecule has 0 aliphatic carbocycles. The van der Waals surface area contributed by atoms with Crippen LogP contribution in [0.5, 0.6) is 5.75 Å². The maximum absolute atomic E-state index is 5.55. The van der Waals surface area contributed by atoms with Crippen LogP contribution >= 0.6 is 0 Å². The summed E-state index contributed by atoms with van der Waals surface area (Å²) in [5, 5.41) is 3.16. The molecule has 1 heterocycles. The van der Waals surface area contributed by atoms with Crippen LogP contribution in [0.3, 0.4) is 0 Å². The highest BCUT2D eigenvalue weighted by molar-refractivity contribution is 5.72. The van der Waals surface area contributed by atoms with Gasteiger partial charge in [0.2, 0.25) is 0 Å². The van der Waals surface area contributed by atoms with E-state index in [1.165, 1.54) is 5.56 Å². The lowest BCUT2D eigenvalue weighted by atomic mass is 10.0. The summed E-state index contributed by atoms with van der Waals surface area (Å²) in [7, 11) is 3.64. The topological polar surface area (TPSA) is 49.9 Å². The minimum atomic E-state index is 0.756. The molecule has 0 fully saturated rings. The largest absolute Gasteiger partial charge is 0.496 e. The monoisotopic (exact) mass is 259 g/mol. The van der Waals surface area contributed by atoms with Crippen molar-refractivity contribution in [1.82, 2.24) is 15.3 Å². The lowest BCUT2D eigenvalue weighted by Crippen LogP contribution is -2.07. The van der Waals surface area contributed by atoms with E-state index in [0.717, 1.165) is 40.6 Å². The van der Waals surface area contributed by atoms with E-state index in [9.17, 15) is 0 Å². The molecule has 19 heavy (non-hydrogen) atoms. The van der Waals surface area contributed by atoms with Crippen LogP contribution < -0.4 is 10.1 Å². The Morgan fingerprint density at radius 2 is 2.00 bits per heavy atom. The van der Waals surface area contributed by atoms with Gasteiger partial charge in [-0.15, -0.1) is 0 Å². The maximum atomic E-state index is 5.55. The second-order valence-electron chi connectivity index (χ2n) is 4.84. The number of rotatable bonds is 4. The number of imidazole rings is 1. The number of aromatic amines is 1. The Morgan fingerprint density at radius 3 is 2.63 bits per heavy atom. The number of H-pyrrole nitrogens is 1. The van der Waals surface area contributed by atoms with Crippen molar-refractivity contribution in [2.24, 2.45) is 0 Å². The zero-order valence-electron chi connectivity index (χ0n) is 12.2. The third-order valence-corrected chi connectivity index (χ3v) is 3.13. The Hall–Kier alpha value is -1.81. The van der Waals surface area contributed by atoms with Crippen LogP contribution in [0.2, 0.25) is 0 Å². The number of nitrogens with zero attached hydrogens (tertiary/aromatic N) is 1. The molecule has 0 saturated carbocycles. The summed E-state index contributed by atoms with van der Waals surface area (Å²) in [6.07, 6.45) is 0. The molecule has 102 valence electrons. The maximum Gasteiger partial charge on any atom is 0.131 e. The van der Waals surface area contributed by atoms with Crippen LogP contribution in [-0.2, 0) is 6.54 Å². The standard InChI is InChI=1S/C15H21N3O/c1-9-6-10(2)15(19-5)12(7-9)14-13(8-16-4)17-11(3)18-14/h6-7,16H,8H2,1-5H3,(H,17,18). The molecule has 2 rings (SSSR count). The van der Waals surface area contributed by atoms with Crippen molar-refractivity contribution >= 4 is 0 Å². The normalized spacial score (nSPS) is 10.8. The lowest BCUT2D eigenvalue weighted by Gasteiger charge is -2.12. The summed E-state index contributed by atoms with van der Waals surface area (Å²) in [6, 6.07) is 4.25. The predicted octanol–water partition coefficient (Wildman–Crippen LogP) is 2.73. The number of benzene rings is 1. The summed E-state index contributed by atoms with van der Waals surface area (Å²) < 4.78 is 5.55. The average molecular weight is 259 g/mol. The number of hydrogen-bond acceptors (Lipinski definition) is 3. The number of methoxy groups -OCH3 is 1. The molecule has 2 N–H and O–H groups in total. The Morgan fingerprint density at radius 1 is 1.26 bits per heavy atom. The fourth-order valence-corrected chi connectivity index (χ4v) is 2.47. The molecule has 0 bridgehead atoms. The van der Waals surface area contributed by atoms with Crippen molar-refractivity contribution in [3.8, 4) is 17.0 Å². The van der Waals surface area contributed by atoms with Gasteiger partial charge >= 0.3 is 0 Å². The molecule has 1 aromatic carbocycles. The first kappa shape index (κ1) is 13.6. The Balaban J connectivity index is 2.63. The first-order valence-corrected chi connectivity index (χ1v) is 6.42. The van der Waals surface area contributed by atoms with Gasteiger partial charge in [0.25, 0.3) is 0 Å². The van der Waals surface area contributed by atoms with Gasteiger partial charge in [0, 0.05) is 12.1 Å². The van der Waals surface area contributed by atoms with Crippen molar-refractivity contribution in [3.63, 3.8) is 0 Å². The molecule has 0 saturated heterocycles. The fourth-order valence-electron chi connectivity index (χ4n) is 2.47. The van der Waals surface area contributed by atoms with Crippen molar-refractivity contribution in [2.45, 2.75) is 27.3 Å². The highest BCUT2D eigenvalue weighted by Gasteiger charge is 2.16. The molecule has 0 aliphatic heterocycles. The minimum absolute atomic E-state index is 0.756. The molecule has 0 spiro atoms. The number of hydrogen-bond donors (Lipinski definition) is 2. The molecule has 0 atom stereocenters. The van der Waals surface area contributed by atoms with Crippen LogP contribution in [0.1, 0.15) is 22.6 Å². The quantitative estimate of drug-likeness (QED) is 0.887. The van der Waals surface area contributed by atoms with Crippen LogP contribution in [0.15, 0.2) is 12.1 Å². The molecular formula is C15H21N3O. The van der Waals surface area contributed by atoms with Crippen LogP contribution in [-0.4, -0.2) is 24.1 Å². The fraction of sp³-hybridized carbons (Fsp3) is 0.400. The Labute approximate surface area is 114 Å². The lowest BCUT2D eigenvalue weighted by molar-refractivity contribution is 0.413. The number of aryl methyl sites for hydroxylation is 3. The van der Waals surface area contributed by atoms with Crippen molar-refractivity contribution < 1.29 is 4.74 Å². The SMILES string of the molecule is CNCc1[nH]c(C)nc1-c1cc(C)cc(C)c1OC. The molecular weight excluding hydrogens is 238 g/mol.